The lowest BCUT2D eigenvalue weighted by atomic mass is 9.99. The first kappa shape index (κ1) is 22.1. The van der Waals surface area contributed by atoms with Crippen molar-refractivity contribution in [2.45, 2.75) is 13.8 Å². The summed E-state index contributed by atoms with van der Waals surface area (Å²) in [6.45, 7) is 6.37. The van der Waals surface area contributed by atoms with Gasteiger partial charge in [0.05, 0.1) is 31.9 Å². The summed E-state index contributed by atoms with van der Waals surface area (Å²) in [6.07, 6.45) is 0. The maximum atomic E-state index is 13.2. The molecule has 0 atom stereocenters. The van der Waals surface area contributed by atoms with E-state index in [9.17, 15) is 9.59 Å². The highest BCUT2D eigenvalue weighted by molar-refractivity contribution is 6.35. The standard InChI is InChI=1S/C21H30N2O5/c1-15-6-7-17(14-16(15)2)18-19(22(8-11-26-3)9-12-27-4)21(25)23(20(18)24)10-13-28-5/h6-7,14H,8-13H2,1-5H3. The van der Waals surface area contributed by atoms with Gasteiger partial charge in [0, 0.05) is 34.4 Å². The Kier molecular flexibility index (Phi) is 8.17. The number of nitrogens with zero attached hydrogens (tertiary/aromatic N) is 2. The maximum absolute atomic E-state index is 13.2. The van der Waals surface area contributed by atoms with Crippen LogP contribution in [0, 0.1) is 13.8 Å². The highest BCUT2D eigenvalue weighted by atomic mass is 16.5. The molecule has 0 saturated carbocycles. The highest BCUT2D eigenvalue weighted by Crippen LogP contribution is 2.32. The molecule has 0 aliphatic carbocycles. The van der Waals surface area contributed by atoms with E-state index in [-0.39, 0.29) is 18.4 Å². The van der Waals surface area contributed by atoms with Crippen molar-refractivity contribution in [3.63, 3.8) is 0 Å². The summed E-state index contributed by atoms with van der Waals surface area (Å²) in [7, 11) is 4.77. The van der Waals surface area contributed by atoms with Gasteiger partial charge >= 0.3 is 0 Å². The number of carbonyl (C=O) groups excluding carboxylic acids is 2. The molecule has 1 aromatic carbocycles. The van der Waals surface area contributed by atoms with Crippen molar-refractivity contribution in [2.75, 3.05) is 60.8 Å². The second-order valence-corrected chi connectivity index (χ2v) is 6.75. The summed E-state index contributed by atoms with van der Waals surface area (Å²) >= 11 is 0. The number of hydrogen-bond acceptors (Lipinski definition) is 6. The zero-order chi connectivity index (χ0) is 20.7. The van der Waals surface area contributed by atoms with Crippen molar-refractivity contribution in [1.82, 2.24) is 9.80 Å². The molecule has 1 heterocycles. The fourth-order valence-corrected chi connectivity index (χ4v) is 3.14. The molecule has 1 aromatic rings. The molecule has 0 aromatic heterocycles. The minimum absolute atomic E-state index is 0.217. The first-order valence-corrected chi connectivity index (χ1v) is 9.36. The van der Waals surface area contributed by atoms with Crippen molar-refractivity contribution in [3.05, 3.63) is 40.6 Å². The van der Waals surface area contributed by atoms with Gasteiger partial charge in [-0.15, -0.1) is 0 Å². The quantitative estimate of drug-likeness (QED) is 0.535. The van der Waals surface area contributed by atoms with Crippen LogP contribution in [0.2, 0.25) is 0 Å². The van der Waals surface area contributed by atoms with Crippen LogP contribution in [-0.4, -0.2) is 82.4 Å². The largest absolute Gasteiger partial charge is 0.383 e. The number of carbonyl (C=O) groups is 2. The SMILES string of the molecule is COCCN(CCOC)C1=C(c2ccc(C)c(C)c2)C(=O)N(CCOC)C1=O. The van der Waals surface area contributed by atoms with Crippen LogP contribution >= 0.6 is 0 Å². The molecule has 0 saturated heterocycles. The second kappa shape index (κ2) is 10.4. The van der Waals surface area contributed by atoms with Gasteiger partial charge in [-0.2, -0.15) is 0 Å². The van der Waals surface area contributed by atoms with Crippen LogP contribution in [0.1, 0.15) is 16.7 Å². The number of methoxy groups -OCH3 is 3. The monoisotopic (exact) mass is 390 g/mol. The molecule has 7 nitrogen and oxygen atoms in total. The van der Waals surface area contributed by atoms with Crippen LogP contribution in [-0.2, 0) is 23.8 Å². The van der Waals surface area contributed by atoms with Gasteiger partial charge in [-0.05, 0) is 30.5 Å². The van der Waals surface area contributed by atoms with Gasteiger partial charge < -0.3 is 19.1 Å². The average Bonchev–Trinajstić information content (AvgIpc) is 2.93. The zero-order valence-corrected chi connectivity index (χ0v) is 17.4. The van der Waals surface area contributed by atoms with Crippen LogP contribution in [0.3, 0.4) is 0 Å². The average molecular weight is 390 g/mol. The molecule has 0 bridgehead atoms. The van der Waals surface area contributed by atoms with Crippen molar-refractivity contribution in [3.8, 4) is 0 Å². The minimum Gasteiger partial charge on any atom is -0.383 e. The van der Waals surface area contributed by atoms with E-state index >= 15 is 0 Å². The van der Waals surface area contributed by atoms with Crippen LogP contribution in [0.5, 0.6) is 0 Å². The third-order valence-electron chi connectivity index (χ3n) is 4.91. The Balaban J connectivity index is 2.54. The lowest BCUT2D eigenvalue weighted by Gasteiger charge is -2.25. The first-order chi connectivity index (χ1) is 13.5. The lowest BCUT2D eigenvalue weighted by molar-refractivity contribution is -0.138. The van der Waals surface area contributed by atoms with E-state index in [0.717, 1.165) is 16.7 Å². The van der Waals surface area contributed by atoms with E-state index in [0.29, 0.717) is 44.2 Å². The molecule has 28 heavy (non-hydrogen) atoms. The zero-order valence-electron chi connectivity index (χ0n) is 17.4. The molecule has 0 radical (unpaired) electrons. The Morgan fingerprint density at radius 1 is 0.857 bits per heavy atom. The summed E-state index contributed by atoms with van der Waals surface area (Å²) < 4.78 is 15.5. The molecule has 0 unspecified atom stereocenters. The van der Waals surface area contributed by atoms with Gasteiger partial charge in [0.2, 0.25) is 0 Å². The number of benzene rings is 1. The van der Waals surface area contributed by atoms with Crippen LogP contribution < -0.4 is 0 Å². The highest BCUT2D eigenvalue weighted by Gasteiger charge is 2.41. The predicted molar refractivity (Wildman–Crippen MR) is 107 cm³/mol. The topological polar surface area (TPSA) is 68.3 Å². The van der Waals surface area contributed by atoms with E-state index in [1.54, 1.807) is 21.3 Å². The number of imide groups is 1. The summed E-state index contributed by atoms with van der Waals surface area (Å²) in [4.78, 5) is 29.5. The molecule has 1 aliphatic rings. The Labute approximate surface area is 166 Å². The van der Waals surface area contributed by atoms with E-state index in [2.05, 4.69) is 0 Å². The van der Waals surface area contributed by atoms with Gasteiger partial charge in [0.1, 0.15) is 5.70 Å². The summed E-state index contributed by atoms with van der Waals surface area (Å²) in [5.74, 6) is -0.595. The smallest absolute Gasteiger partial charge is 0.277 e. The molecule has 1 aliphatic heterocycles. The van der Waals surface area contributed by atoms with E-state index in [1.807, 2.05) is 36.9 Å². The summed E-state index contributed by atoms with van der Waals surface area (Å²) in [5.41, 5.74) is 3.78. The minimum atomic E-state index is -0.303. The Hall–Kier alpha value is -2.22. The van der Waals surface area contributed by atoms with Crippen LogP contribution in [0.15, 0.2) is 23.9 Å². The molecular weight excluding hydrogens is 360 g/mol. The molecule has 2 rings (SSSR count). The summed E-state index contributed by atoms with van der Waals surface area (Å²) in [5, 5.41) is 0. The number of rotatable bonds is 11. The summed E-state index contributed by atoms with van der Waals surface area (Å²) in [6, 6.07) is 5.83. The van der Waals surface area contributed by atoms with Gasteiger partial charge in [-0.1, -0.05) is 18.2 Å². The Morgan fingerprint density at radius 3 is 2.00 bits per heavy atom. The molecule has 2 amide bonds. The number of amides is 2. The van der Waals surface area contributed by atoms with Crippen LogP contribution in [0.25, 0.3) is 5.57 Å². The molecule has 7 heteroatoms. The fraction of sp³-hybridized carbons (Fsp3) is 0.524. The molecule has 0 spiro atoms. The second-order valence-electron chi connectivity index (χ2n) is 6.75. The van der Waals surface area contributed by atoms with Gasteiger partial charge in [-0.25, -0.2) is 0 Å². The number of ether oxygens (including phenoxy) is 3. The van der Waals surface area contributed by atoms with Crippen molar-refractivity contribution >= 4 is 17.4 Å². The van der Waals surface area contributed by atoms with Gasteiger partial charge in [0.25, 0.3) is 11.8 Å². The van der Waals surface area contributed by atoms with Gasteiger partial charge in [-0.3, -0.25) is 14.5 Å². The van der Waals surface area contributed by atoms with Crippen molar-refractivity contribution < 1.29 is 23.8 Å². The molecule has 0 N–H and O–H groups in total. The Bertz CT molecular complexity index is 736. The van der Waals surface area contributed by atoms with Crippen molar-refractivity contribution in [1.29, 1.82) is 0 Å². The lowest BCUT2D eigenvalue weighted by Crippen LogP contribution is -2.39. The molecule has 0 fully saturated rings. The van der Waals surface area contributed by atoms with Gasteiger partial charge in [0.15, 0.2) is 0 Å². The molecule has 154 valence electrons. The van der Waals surface area contributed by atoms with E-state index in [1.165, 1.54) is 4.90 Å². The van der Waals surface area contributed by atoms with Crippen LogP contribution in [0.4, 0.5) is 0 Å². The Morgan fingerprint density at radius 2 is 1.46 bits per heavy atom. The first-order valence-electron chi connectivity index (χ1n) is 9.36. The predicted octanol–water partition coefficient (Wildman–Crippen LogP) is 1.62. The number of hydrogen-bond donors (Lipinski definition) is 0. The van der Waals surface area contributed by atoms with E-state index < -0.39 is 0 Å². The normalized spacial score (nSPS) is 14.4. The third-order valence-corrected chi connectivity index (χ3v) is 4.91. The third kappa shape index (κ3) is 4.79. The maximum Gasteiger partial charge on any atom is 0.277 e. The van der Waals surface area contributed by atoms with Crippen molar-refractivity contribution in [2.24, 2.45) is 0 Å². The van der Waals surface area contributed by atoms with E-state index in [4.69, 9.17) is 14.2 Å². The number of aryl methyl sites for hydroxylation is 2. The molecular formula is C21H30N2O5. The fourth-order valence-electron chi connectivity index (χ4n) is 3.14.